The second kappa shape index (κ2) is 7.51. The zero-order chi connectivity index (χ0) is 22.6. The Labute approximate surface area is 186 Å². The van der Waals surface area contributed by atoms with Gasteiger partial charge in [-0.15, -0.1) is 0 Å². The molecule has 4 heterocycles. The fourth-order valence-corrected chi connectivity index (χ4v) is 4.96. The SMILES string of the molecule is Cc1nn2c(c1C(C)(C)C)COC(C)(CCC(C)(C)c1cnc3c(c1)OCCN3C)C2. The molecule has 170 valence electrons. The third kappa shape index (κ3) is 4.19. The van der Waals surface area contributed by atoms with Crippen LogP contribution in [0, 0.1) is 6.92 Å². The monoisotopic (exact) mass is 426 g/mol. The van der Waals surface area contributed by atoms with Crippen LogP contribution in [0.3, 0.4) is 0 Å². The number of hydrogen-bond donors (Lipinski definition) is 0. The summed E-state index contributed by atoms with van der Waals surface area (Å²) in [6.07, 6.45) is 3.97. The van der Waals surface area contributed by atoms with Gasteiger partial charge in [-0.2, -0.15) is 5.10 Å². The van der Waals surface area contributed by atoms with Gasteiger partial charge in [-0.1, -0.05) is 34.6 Å². The average molecular weight is 427 g/mol. The van der Waals surface area contributed by atoms with E-state index in [2.05, 4.69) is 71.2 Å². The van der Waals surface area contributed by atoms with Crippen molar-refractivity contribution >= 4 is 5.82 Å². The van der Waals surface area contributed by atoms with Gasteiger partial charge in [0.05, 0.1) is 36.7 Å². The van der Waals surface area contributed by atoms with Crippen molar-refractivity contribution in [3.8, 4) is 5.75 Å². The maximum Gasteiger partial charge on any atom is 0.171 e. The Bertz CT molecular complexity index is 973. The van der Waals surface area contributed by atoms with Crippen LogP contribution in [0.5, 0.6) is 5.75 Å². The molecule has 0 radical (unpaired) electrons. The summed E-state index contributed by atoms with van der Waals surface area (Å²) in [6, 6.07) is 2.17. The predicted octanol–water partition coefficient (Wildman–Crippen LogP) is 4.76. The van der Waals surface area contributed by atoms with Gasteiger partial charge in [0.15, 0.2) is 11.6 Å². The minimum Gasteiger partial charge on any atom is -0.488 e. The average Bonchev–Trinajstić information content (AvgIpc) is 3.01. The molecule has 1 atom stereocenters. The molecule has 0 saturated carbocycles. The fraction of sp³-hybridized carbons (Fsp3) is 0.680. The van der Waals surface area contributed by atoms with E-state index in [4.69, 9.17) is 19.6 Å². The van der Waals surface area contributed by atoms with Crippen LogP contribution in [0.15, 0.2) is 12.3 Å². The number of hydrogen-bond acceptors (Lipinski definition) is 5. The lowest BCUT2D eigenvalue weighted by atomic mass is 9.78. The van der Waals surface area contributed by atoms with Crippen LogP contribution in [-0.4, -0.2) is 40.6 Å². The lowest BCUT2D eigenvalue weighted by Gasteiger charge is -2.38. The van der Waals surface area contributed by atoms with Crippen LogP contribution in [0.25, 0.3) is 0 Å². The molecule has 2 aromatic rings. The molecule has 0 fully saturated rings. The highest BCUT2D eigenvalue weighted by atomic mass is 16.5. The van der Waals surface area contributed by atoms with E-state index in [9.17, 15) is 0 Å². The molecule has 6 nitrogen and oxygen atoms in total. The van der Waals surface area contributed by atoms with E-state index in [1.807, 2.05) is 6.20 Å². The second-order valence-electron chi connectivity index (χ2n) is 11.3. The molecule has 6 heteroatoms. The zero-order valence-corrected chi connectivity index (χ0v) is 20.5. The van der Waals surface area contributed by atoms with Crippen molar-refractivity contribution in [1.82, 2.24) is 14.8 Å². The lowest BCUT2D eigenvalue weighted by Crippen LogP contribution is -2.41. The Morgan fingerprint density at radius 3 is 2.65 bits per heavy atom. The van der Waals surface area contributed by atoms with Gasteiger partial charge in [-0.25, -0.2) is 4.98 Å². The van der Waals surface area contributed by atoms with Crippen LogP contribution in [0.2, 0.25) is 0 Å². The molecule has 0 N–H and O–H groups in total. The normalized spacial score (nSPS) is 21.5. The van der Waals surface area contributed by atoms with E-state index >= 15 is 0 Å². The molecule has 0 aromatic carbocycles. The van der Waals surface area contributed by atoms with Crippen LogP contribution in [0.4, 0.5) is 5.82 Å². The van der Waals surface area contributed by atoms with Crippen LogP contribution < -0.4 is 9.64 Å². The van der Waals surface area contributed by atoms with Gasteiger partial charge in [-0.05, 0) is 49.1 Å². The van der Waals surface area contributed by atoms with Gasteiger partial charge in [0.1, 0.15) is 6.61 Å². The molecule has 31 heavy (non-hydrogen) atoms. The van der Waals surface area contributed by atoms with Crippen molar-refractivity contribution in [2.24, 2.45) is 0 Å². The smallest absolute Gasteiger partial charge is 0.171 e. The molecule has 0 spiro atoms. The molecule has 4 rings (SSSR count). The first kappa shape index (κ1) is 22.1. The van der Waals surface area contributed by atoms with Crippen LogP contribution in [0.1, 0.15) is 76.9 Å². The lowest BCUT2D eigenvalue weighted by molar-refractivity contribution is -0.0881. The number of pyridine rings is 1. The number of anilines is 1. The zero-order valence-electron chi connectivity index (χ0n) is 20.5. The second-order valence-corrected chi connectivity index (χ2v) is 11.3. The van der Waals surface area contributed by atoms with Gasteiger partial charge in [0.25, 0.3) is 0 Å². The van der Waals surface area contributed by atoms with E-state index in [1.54, 1.807) is 0 Å². The Morgan fingerprint density at radius 2 is 1.94 bits per heavy atom. The third-order valence-electron chi connectivity index (χ3n) is 6.96. The highest BCUT2D eigenvalue weighted by Gasteiger charge is 2.37. The molecule has 2 aliphatic rings. The predicted molar refractivity (Wildman–Crippen MR) is 124 cm³/mol. The van der Waals surface area contributed by atoms with Crippen molar-refractivity contribution in [2.75, 3.05) is 25.1 Å². The molecule has 2 aliphatic heterocycles. The summed E-state index contributed by atoms with van der Waals surface area (Å²) < 4.78 is 14.5. The summed E-state index contributed by atoms with van der Waals surface area (Å²) in [5.41, 5.74) is 4.74. The third-order valence-corrected chi connectivity index (χ3v) is 6.96. The van der Waals surface area contributed by atoms with Crippen molar-refractivity contribution in [1.29, 1.82) is 0 Å². The quantitative estimate of drug-likeness (QED) is 0.706. The number of aryl methyl sites for hydroxylation is 1. The standard InChI is InChI=1S/C25H38N4O2/c1-17-21(23(2,3)4)19-15-31-25(7,16-29(19)27-17)10-9-24(5,6)18-13-20-22(26-14-18)28(8)11-12-30-20/h13-14H,9-12,15-16H2,1-8H3. The largest absolute Gasteiger partial charge is 0.488 e. The number of nitrogens with zero attached hydrogens (tertiary/aromatic N) is 4. The highest BCUT2D eigenvalue weighted by molar-refractivity contribution is 5.55. The maximum atomic E-state index is 6.47. The number of ether oxygens (including phenoxy) is 2. The summed E-state index contributed by atoms with van der Waals surface area (Å²) in [7, 11) is 2.07. The summed E-state index contributed by atoms with van der Waals surface area (Å²) >= 11 is 0. The molecule has 1 unspecified atom stereocenters. The van der Waals surface area contributed by atoms with E-state index < -0.39 is 0 Å². The minimum absolute atomic E-state index is 0.0232. The number of likely N-dealkylation sites (N-methyl/N-ethyl adjacent to an activating group) is 1. The summed E-state index contributed by atoms with van der Waals surface area (Å²) in [5, 5.41) is 4.88. The Hall–Kier alpha value is -2.08. The Morgan fingerprint density at radius 1 is 1.19 bits per heavy atom. The van der Waals surface area contributed by atoms with Gasteiger partial charge in [0.2, 0.25) is 0 Å². The van der Waals surface area contributed by atoms with E-state index in [0.717, 1.165) is 43.2 Å². The Kier molecular flexibility index (Phi) is 5.36. The first-order valence-electron chi connectivity index (χ1n) is 11.4. The van der Waals surface area contributed by atoms with Crippen molar-refractivity contribution < 1.29 is 9.47 Å². The molecule has 0 bridgehead atoms. The van der Waals surface area contributed by atoms with E-state index in [-0.39, 0.29) is 16.4 Å². The first-order chi connectivity index (χ1) is 14.4. The van der Waals surface area contributed by atoms with Crippen LogP contribution in [-0.2, 0) is 28.7 Å². The van der Waals surface area contributed by atoms with Gasteiger partial charge < -0.3 is 14.4 Å². The summed E-state index contributed by atoms with van der Waals surface area (Å²) in [6.45, 7) is 18.7. The van der Waals surface area contributed by atoms with Crippen LogP contribution >= 0.6 is 0 Å². The molecule has 0 aliphatic carbocycles. The van der Waals surface area contributed by atoms with Crippen molar-refractivity contribution in [2.45, 2.75) is 90.9 Å². The van der Waals surface area contributed by atoms with E-state index in [0.29, 0.717) is 13.2 Å². The topological polar surface area (TPSA) is 52.4 Å². The number of fused-ring (bicyclic) bond motifs is 2. The van der Waals surface area contributed by atoms with Crippen molar-refractivity contribution in [3.63, 3.8) is 0 Å². The number of rotatable bonds is 4. The van der Waals surface area contributed by atoms with Gasteiger partial charge in [-0.3, -0.25) is 4.68 Å². The van der Waals surface area contributed by atoms with Gasteiger partial charge in [0, 0.05) is 18.8 Å². The fourth-order valence-electron chi connectivity index (χ4n) is 4.96. The molecular formula is C25H38N4O2. The summed E-state index contributed by atoms with van der Waals surface area (Å²) in [4.78, 5) is 6.85. The molecule has 0 amide bonds. The molecule has 2 aromatic heterocycles. The Balaban J connectivity index is 1.49. The van der Waals surface area contributed by atoms with Crippen molar-refractivity contribution in [3.05, 3.63) is 34.8 Å². The summed E-state index contributed by atoms with van der Waals surface area (Å²) in [5.74, 6) is 1.83. The maximum absolute atomic E-state index is 6.47. The minimum atomic E-state index is -0.226. The van der Waals surface area contributed by atoms with Gasteiger partial charge >= 0.3 is 0 Å². The first-order valence-corrected chi connectivity index (χ1v) is 11.4. The molecular weight excluding hydrogens is 388 g/mol. The highest BCUT2D eigenvalue weighted by Crippen LogP contribution is 2.39. The molecule has 0 saturated heterocycles. The van der Waals surface area contributed by atoms with E-state index in [1.165, 1.54) is 16.8 Å². The number of aromatic nitrogens is 3.